The lowest BCUT2D eigenvalue weighted by Crippen LogP contribution is -2.01. The minimum Gasteiger partial charge on any atom is -0.381 e. The quantitative estimate of drug-likeness (QED) is 0.827. The van der Waals surface area contributed by atoms with Crippen LogP contribution in [0, 0.1) is 0 Å². The molecule has 0 amide bonds. The van der Waals surface area contributed by atoms with Gasteiger partial charge in [0.1, 0.15) is 0 Å². The van der Waals surface area contributed by atoms with Gasteiger partial charge in [0, 0.05) is 12.2 Å². The molecule has 0 aromatic heterocycles. The Labute approximate surface area is 125 Å². The molecule has 5 heteroatoms. The van der Waals surface area contributed by atoms with Crippen LogP contribution >= 0.6 is 0 Å². The van der Waals surface area contributed by atoms with E-state index in [1.54, 1.807) is 12.1 Å². The van der Waals surface area contributed by atoms with E-state index >= 15 is 0 Å². The van der Waals surface area contributed by atoms with Crippen molar-refractivity contribution in [3.05, 3.63) is 59.7 Å². The Morgan fingerprint density at radius 2 is 1.57 bits per heavy atom. The van der Waals surface area contributed by atoms with Crippen molar-refractivity contribution in [1.82, 2.24) is 0 Å². The van der Waals surface area contributed by atoms with Gasteiger partial charge in [0.15, 0.2) is 0 Å². The van der Waals surface area contributed by atoms with Crippen molar-refractivity contribution in [3.8, 4) is 0 Å². The smallest absolute Gasteiger partial charge is 0.294 e. The van der Waals surface area contributed by atoms with Crippen LogP contribution in [0.3, 0.4) is 0 Å². The van der Waals surface area contributed by atoms with Gasteiger partial charge in [-0.2, -0.15) is 8.42 Å². The van der Waals surface area contributed by atoms with E-state index in [2.05, 4.69) is 43.4 Å². The first-order valence-electron chi connectivity index (χ1n) is 6.76. The third kappa shape index (κ3) is 4.31. The number of hydrogen-bond donors (Lipinski definition) is 2. The highest BCUT2D eigenvalue weighted by Crippen LogP contribution is 2.17. The zero-order valence-electron chi connectivity index (χ0n) is 12.1. The topological polar surface area (TPSA) is 66.4 Å². The van der Waals surface area contributed by atoms with E-state index in [9.17, 15) is 8.42 Å². The highest BCUT2D eigenvalue weighted by molar-refractivity contribution is 7.85. The van der Waals surface area contributed by atoms with E-state index in [-0.39, 0.29) is 4.90 Å². The van der Waals surface area contributed by atoms with E-state index < -0.39 is 10.1 Å². The van der Waals surface area contributed by atoms with Crippen molar-refractivity contribution in [2.24, 2.45) is 0 Å². The average molecular weight is 305 g/mol. The van der Waals surface area contributed by atoms with Crippen molar-refractivity contribution >= 4 is 15.8 Å². The zero-order chi connectivity index (χ0) is 15.5. The molecule has 0 bridgehead atoms. The maximum atomic E-state index is 10.9. The Morgan fingerprint density at radius 1 is 1.00 bits per heavy atom. The van der Waals surface area contributed by atoms with E-state index in [1.165, 1.54) is 17.7 Å². The van der Waals surface area contributed by atoms with Crippen LogP contribution in [0.1, 0.15) is 30.9 Å². The fraction of sp³-hybridized carbons (Fsp3) is 0.250. The average Bonchev–Trinajstić information content (AvgIpc) is 2.45. The number of nitrogens with one attached hydrogen (secondary N) is 1. The van der Waals surface area contributed by atoms with Crippen LogP contribution in [-0.2, 0) is 16.7 Å². The second-order valence-electron chi connectivity index (χ2n) is 5.25. The van der Waals surface area contributed by atoms with E-state index in [0.29, 0.717) is 12.5 Å². The summed E-state index contributed by atoms with van der Waals surface area (Å²) in [4.78, 5) is -0.102. The number of benzene rings is 2. The maximum Gasteiger partial charge on any atom is 0.294 e. The van der Waals surface area contributed by atoms with Crippen molar-refractivity contribution in [1.29, 1.82) is 0 Å². The Balaban J connectivity index is 2.00. The Bertz CT molecular complexity index is 689. The molecule has 0 saturated heterocycles. The molecule has 0 aliphatic rings. The van der Waals surface area contributed by atoms with Crippen LogP contribution in [0.4, 0.5) is 5.69 Å². The van der Waals surface area contributed by atoms with Gasteiger partial charge < -0.3 is 5.32 Å². The van der Waals surface area contributed by atoms with Crippen molar-refractivity contribution in [3.63, 3.8) is 0 Å². The van der Waals surface area contributed by atoms with Gasteiger partial charge in [-0.25, -0.2) is 0 Å². The minimum absolute atomic E-state index is 0.102. The molecule has 21 heavy (non-hydrogen) atoms. The summed E-state index contributed by atoms with van der Waals surface area (Å²) in [6.45, 7) is 4.97. The fourth-order valence-corrected chi connectivity index (χ4v) is 2.45. The van der Waals surface area contributed by atoms with Crippen LogP contribution in [0.2, 0.25) is 0 Å². The van der Waals surface area contributed by atoms with Crippen LogP contribution in [0.25, 0.3) is 0 Å². The number of anilines is 1. The largest absolute Gasteiger partial charge is 0.381 e. The summed E-state index contributed by atoms with van der Waals surface area (Å²) in [7, 11) is -4.13. The second-order valence-corrected chi connectivity index (χ2v) is 6.67. The first-order chi connectivity index (χ1) is 9.86. The number of hydrogen-bond acceptors (Lipinski definition) is 3. The van der Waals surface area contributed by atoms with Gasteiger partial charge in [-0.3, -0.25) is 4.55 Å². The molecule has 0 aliphatic heterocycles. The molecule has 0 unspecified atom stereocenters. The van der Waals surface area contributed by atoms with Crippen molar-refractivity contribution < 1.29 is 13.0 Å². The molecule has 4 nitrogen and oxygen atoms in total. The molecule has 0 radical (unpaired) electrons. The summed E-state index contributed by atoms with van der Waals surface area (Å²) in [5.41, 5.74) is 3.25. The molecule has 112 valence electrons. The van der Waals surface area contributed by atoms with Gasteiger partial charge in [-0.05, 0) is 41.3 Å². The molecule has 0 aliphatic carbocycles. The maximum absolute atomic E-state index is 10.9. The van der Waals surface area contributed by atoms with Crippen molar-refractivity contribution in [2.75, 3.05) is 5.32 Å². The molecule has 0 fully saturated rings. The molecule has 0 saturated carbocycles. The highest BCUT2D eigenvalue weighted by Gasteiger charge is 2.08. The highest BCUT2D eigenvalue weighted by atomic mass is 32.2. The molecule has 0 atom stereocenters. The lowest BCUT2D eigenvalue weighted by Gasteiger charge is -2.09. The predicted octanol–water partition coefficient (Wildman–Crippen LogP) is 3.67. The monoisotopic (exact) mass is 305 g/mol. The molecule has 2 N–H and O–H groups in total. The third-order valence-electron chi connectivity index (χ3n) is 3.30. The SMILES string of the molecule is CC(C)c1ccc(CNc2ccc(S(=O)(=O)O)cc2)cc1. The van der Waals surface area contributed by atoms with Crippen LogP contribution < -0.4 is 5.32 Å². The normalized spacial score (nSPS) is 11.6. The van der Waals surface area contributed by atoms with Gasteiger partial charge in [-0.1, -0.05) is 38.1 Å². The molecule has 2 aromatic rings. The molecule has 0 heterocycles. The molecular formula is C16H19NO3S. The second kappa shape index (κ2) is 6.28. The fourth-order valence-electron chi connectivity index (χ4n) is 1.97. The standard InChI is InChI=1S/C16H19NO3S/c1-12(2)14-5-3-13(4-6-14)11-17-15-7-9-16(10-8-15)21(18,19)20/h3-10,12,17H,11H2,1-2H3,(H,18,19,20). The zero-order valence-corrected chi connectivity index (χ0v) is 12.9. The first-order valence-corrected chi connectivity index (χ1v) is 8.20. The molecule has 0 spiro atoms. The van der Waals surface area contributed by atoms with Crippen LogP contribution in [-0.4, -0.2) is 13.0 Å². The van der Waals surface area contributed by atoms with Gasteiger partial charge in [-0.15, -0.1) is 0 Å². The van der Waals surface area contributed by atoms with E-state index in [1.807, 2.05) is 0 Å². The predicted molar refractivity (Wildman–Crippen MR) is 84.1 cm³/mol. The third-order valence-corrected chi connectivity index (χ3v) is 4.16. The van der Waals surface area contributed by atoms with Crippen LogP contribution in [0.15, 0.2) is 53.4 Å². The summed E-state index contributed by atoms with van der Waals surface area (Å²) in [6.07, 6.45) is 0. The summed E-state index contributed by atoms with van der Waals surface area (Å²) < 4.78 is 30.8. The Kier molecular flexibility index (Phi) is 4.65. The van der Waals surface area contributed by atoms with Crippen LogP contribution in [0.5, 0.6) is 0 Å². The Hall–Kier alpha value is -1.85. The minimum atomic E-state index is -4.13. The summed E-state index contributed by atoms with van der Waals surface area (Å²) >= 11 is 0. The van der Waals surface area contributed by atoms with E-state index in [4.69, 9.17) is 4.55 Å². The molecule has 2 aromatic carbocycles. The lowest BCUT2D eigenvalue weighted by molar-refractivity contribution is 0.483. The first kappa shape index (κ1) is 15.5. The number of rotatable bonds is 5. The Morgan fingerprint density at radius 3 is 2.05 bits per heavy atom. The van der Waals surface area contributed by atoms with E-state index in [0.717, 1.165) is 11.3 Å². The van der Waals surface area contributed by atoms with Gasteiger partial charge in [0.25, 0.3) is 10.1 Å². The molecule has 2 rings (SSSR count). The summed E-state index contributed by atoms with van der Waals surface area (Å²) in [5.74, 6) is 0.514. The van der Waals surface area contributed by atoms with Crippen molar-refractivity contribution in [2.45, 2.75) is 31.2 Å². The lowest BCUT2D eigenvalue weighted by atomic mass is 10.0. The summed E-state index contributed by atoms with van der Waals surface area (Å²) in [5, 5.41) is 3.21. The van der Waals surface area contributed by atoms with Gasteiger partial charge >= 0.3 is 0 Å². The summed E-state index contributed by atoms with van der Waals surface area (Å²) in [6, 6.07) is 14.4. The molecular weight excluding hydrogens is 286 g/mol. The van der Waals surface area contributed by atoms with Gasteiger partial charge in [0.2, 0.25) is 0 Å². The van der Waals surface area contributed by atoms with Gasteiger partial charge in [0.05, 0.1) is 4.90 Å².